The molecule has 0 spiro atoms. The van der Waals surface area contributed by atoms with Gasteiger partial charge in [-0.1, -0.05) is 44.2 Å². The highest BCUT2D eigenvalue weighted by Gasteiger charge is 2.51. The topological polar surface area (TPSA) is 9.23 Å². The van der Waals surface area contributed by atoms with Crippen LogP contribution in [0.5, 0.6) is 0 Å². The van der Waals surface area contributed by atoms with Crippen molar-refractivity contribution in [3.63, 3.8) is 0 Å². The van der Waals surface area contributed by atoms with Gasteiger partial charge in [0.05, 0.1) is 13.0 Å². The van der Waals surface area contributed by atoms with Crippen molar-refractivity contribution < 1.29 is 17.9 Å². The van der Waals surface area contributed by atoms with E-state index in [9.17, 15) is 13.2 Å². The van der Waals surface area contributed by atoms with Crippen LogP contribution in [0, 0.1) is 5.41 Å². The summed E-state index contributed by atoms with van der Waals surface area (Å²) in [5.41, 5.74) is -0.822. The molecule has 0 radical (unpaired) electrons. The lowest BCUT2D eigenvalue weighted by atomic mass is 9.79. The van der Waals surface area contributed by atoms with Crippen LogP contribution in [-0.4, -0.2) is 12.8 Å². The fraction of sp³-hybridized carbons (Fsp3) is 0.571. The zero-order valence-corrected chi connectivity index (χ0v) is 10.6. The smallest absolute Gasteiger partial charge is 0.369 e. The number of halogens is 3. The molecule has 0 aromatic heterocycles. The minimum absolute atomic E-state index is 0.221. The average molecular weight is 258 g/mol. The first-order valence-corrected chi connectivity index (χ1v) is 5.99. The summed E-state index contributed by atoms with van der Waals surface area (Å²) >= 11 is 0. The molecule has 18 heavy (non-hydrogen) atoms. The van der Waals surface area contributed by atoms with Crippen molar-refractivity contribution in [3.05, 3.63) is 35.9 Å². The molecule has 4 heteroatoms. The van der Waals surface area contributed by atoms with Gasteiger partial charge in [-0.25, -0.2) is 0 Å². The maximum absolute atomic E-state index is 12.8. The van der Waals surface area contributed by atoms with E-state index in [1.807, 2.05) is 13.8 Å². The molecule has 1 heterocycles. The lowest BCUT2D eigenvalue weighted by Crippen LogP contribution is -2.32. The summed E-state index contributed by atoms with van der Waals surface area (Å²) < 4.78 is 44.0. The van der Waals surface area contributed by atoms with Gasteiger partial charge in [0.2, 0.25) is 0 Å². The van der Waals surface area contributed by atoms with E-state index in [0.29, 0.717) is 18.6 Å². The molecule has 1 saturated heterocycles. The van der Waals surface area contributed by atoms with Gasteiger partial charge in [-0.15, -0.1) is 0 Å². The fourth-order valence-corrected chi connectivity index (χ4v) is 2.68. The number of benzene rings is 1. The van der Waals surface area contributed by atoms with Crippen LogP contribution in [0.15, 0.2) is 30.3 Å². The Bertz CT molecular complexity index is 411. The molecule has 1 aliphatic rings. The Morgan fingerprint density at radius 3 is 2.22 bits per heavy atom. The fourth-order valence-electron chi connectivity index (χ4n) is 2.68. The van der Waals surface area contributed by atoms with E-state index in [1.54, 1.807) is 30.3 Å². The van der Waals surface area contributed by atoms with Crippen LogP contribution in [0.3, 0.4) is 0 Å². The predicted octanol–water partition coefficient (Wildman–Crippen LogP) is 4.28. The third-order valence-corrected chi connectivity index (χ3v) is 3.29. The molecular formula is C14H17F3O. The molecule has 1 fully saturated rings. The summed E-state index contributed by atoms with van der Waals surface area (Å²) in [5.74, 6) is 0. The van der Waals surface area contributed by atoms with E-state index in [2.05, 4.69) is 0 Å². The molecule has 0 aliphatic carbocycles. The summed E-state index contributed by atoms with van der Waals surface area (Å²) in [7, 11) is 0. The Morgan fingerprint density at radius 2 is 1.78 bits per heavy atom. The molecule has 0 unspecified atom stereocenters. The SMILES string of the molecule is CC1(C)CO[C@](CC(F)(F)F)(c2ccccc2)C1. The number of alkyl halides is 3. The van der Waals surface area contributed by atoms with Gasteiger partial charge in [0.25, 0.3) is 0 Å². The molecule has 0 bridgehead atoms. The van der Waals surface area contributed by atoms with Gasteiger partial charge in [0.15, 0.2) is 0 Å². The minimum Gasteiger partial charge on any atom is -0.369 e. The normalized spacial score (nSPS) is 27.4. The quantitative estimate of drug-likeness (QED) is 0.769. The Labute approximate surface area is 105 Å². The predicted molar refractivity (Wildman–Crippen MR) is 63.1 cm³/mol. The molecule has 0 saturated carbocycles. The second-order valence-electron chi connectivity index (χ2n) is 5.78. The molecule has 0 N–H and O–H groups in total. The molecule has 1 aromatic carbocycles. The van der Waals surface area contributed by atoms with Gasteiger partial charge in [0, 0.05) is 0 Å². The van der Waals surface area contributed by atoms with Crippen LogP contribution < -0.4 is 0 Å². The van der Waals surface area contributed by atoms with E-state index in [1.165, 1.54) is 0 Å². The minimum atomic E-state index is -4.23. The van der Waals surface area contributed by atoms with Crippen LogP contribution in [0.1, 0.15) is 32.3 Å². The molecule has 0 amide bonds. The van der Waals surface area contributed by atoms with Crippen LogP contribution in [0.4, 0.5) is 13.2 Å². The maximum Gasteiger partial charge on any atom is 0.392 e. The van der Waals surface area contributed by atoms with E-state index in [-0.39, 0.29) is 5.41 Å². The van der Waals surface area contributed by atoms with E-state index in [4.69, 9.17) is 4.74 Å². The molecular weight excluding hydrogens is 241 g/mol. The Kier molecular flexibility index (Phi) is 3.18. The lowest BCUT2D eigenvalue weighted by Gasteiger charge is -2.31. The number of hydrogen-bond donors (Lipinski definition) is 0. The number of ether oxygens (including phenoxy) is 1. The van der Waals surface area contributed by atoms with Crippen molar-refractivity contribution in [2.24, 2.45) is 5.41 Å². The molecule has 1 atom stereocenters. The van der Waals surface area contributed by atoms with Crippen molar-refractivity contribution in [1.82, 2.24) is 0 Å². The second kappa shape index (κ2) is 4.26. The molecule has 1 nitrogen and oxygen atoms in total. The Hall–Kier alpha value is -1.03. The largest absolute Gasteiger partial charge is 0.392 e. The summed E-state index contributed by atoms with van der Waals surface area (Å²) in [4.78, 5) is 0. The van der Waals surface area contributed by atoms with Gasteiger partial charge in [0.1, 0.15) is 5.60 Å². The van der Waals surface area contributed by atoms with Crippen molar-refractivity contribution in [2.75, 3.05) is 6.61 Å². The van der Waals surface area contributed by atoms with Gasteiger partial charge in [-0.2, -0.15) is 13.2 Å². The first-order chi connectivity index (χ1) is 8.23. The maximum atomic E-state index is 12.8. The molecule has 2 rings (SSSR count). The Balaban J connectivity index is 2.36. The third kappa shape index (κ3) is 2.86. The van der Waals surface area contributed by atoms with Crippen molar-refractivity contribution in [2.45, 2.75) is 38.5 Å². The second-order valence-corrected chi connectivity index (χ2v) is 5.78. The molecule has 100 valence electrons. The highest BCUT2D eigenvalue weighted by atomic mass is 19.4. The van der Waals surface area contributed by atoms with Crippen LogP contribution >= 0.6 is 0 Å². The van der Waals surface area contributed by atoms with E-state index >= 15 is 0 Å². The first kappa shape index (κ1) is 13.4. The van der Waals surface area contributed by atoms with E-state index < -0.39 is 18.2 Å². The first-order valence-electron chi connectivity index (χ1n) is 5.99. The van der Waals surface area contributed by atoms with Gasteiger partial charge >= 0.3 is 6.18 Å². The van der Waals surface area contributed by atoms with E-state index in [0.717, 1.165) is 0 Å². The van der Waals surface area contributed by atoms with Gasteiger partial charge in [-0.3, -0.25) is 0 Å². The van der Waals surface area contributed by atoms with Gasteiger partial charge < -0.3 is 4.74 Å². The summed E-state index contributed by atoms with van der Waals surface area (Å²) in [6.45, 7) is 4.24. The van der Waals surface area contributed by atoms with Crippen molar-refractivity contribution in [3.8, 4) is 0 Å². The van der Waals surface area contributed by atoms with Crippen LogP contribution in [0.25, 0.3) is 0 Å². The zero-order valence-electron chi connectivity index (χ0n) is 10.6. The number of hydrogen-bond acceptors (Lipinski definition) is 1. The lowest BCUT2D eigenvalue weighted by molar-refractivity contribution is -0.181. The third-order valence-electron chi connectivity index (χ3n) is 3.29. The van der Waals surface area contributed by atoms with Gasteiger partial charge in [-0.05, 0) is 17.4 Å². The Morgan fingerprint density at radius 1 is 1.17 bits per heavy atom. The van der Waals surface area contributed by atoms with Crippen molar-refractivity contribution in [1.29, 1.82) is 0 Å². The summed E-state index contributed by atoms with van der Waals surface area (Å²) in [5, 5.41) is 0. The molecule has 1 aromatic rings. The van der Waals surface area contributed by atoms with Crippen LogP contribution in [0.2, 0.25) is 0 Å². The van der Waals surface area contributed by atoms with Crippen molar-refractivity contribution >= 4 is 0 Å². The average Bonchev–Trinajstić information content (AvgIpc) is 2.54. The summed E-state index contributed by atoms with van der Waals surface area (Å²) in [6.07, 6.45) is -4.76. The van der Waals surface area contributed by atoms with Crippen LogP contribution in [-0.2, 0) is 10.3 Å². The summed E-state index contributed by atoms with van der Waals surface area (Å²) in [6, 6.07) is 8.73. The highest BCUT2D eigenvalue weighted by molar-refractivity contribution is 5.24. The highest BCUT2D eigenvalue weighted by Crippen LogP contribution is 2.50. The zero-order chi connectivity index (χ0) is 13.4. The molecule has 1 aliphatic heterocycles. The monoisotopic (exact) mass is 258 g/mol. The number of rotatable bonds is 2. The standard InChI is InChI=1S/C14H17F3O/c1-12(2)8-13(18-10-12,9-14(15,16)17)11-6-4-3-5-7-11/h3-7H,8-10H2,1-2H3/t13-/m1/s1.